The van der Waals surface area contributed by atoms with E-state index in [1.165, 1.54) is 11.8 Å². The molecule has 0 radical (unpaired) electrons. The van der Waals surface area contributed by atoms with Crippen LogP contribution in [0.2, 0.25) is 0 Å². The summed E-state index contributed by atoms with van der Waals surface area (Å²) in [5, 5.41) is 7.52. The van der Waals surface area contributed by atoms with E-state index in [1.807, 2.05) is 62.4 Å². The maximum atomic E-state index is 12.5. The summed E-state index contributed by atoms with van der Waals surface area (Å²) in [6, 6.07) is 16.8. The number of para-hydroxylation sites is 1. The lowest BCUT2D eigenvalue weighted by atomic mass is 10.2. The fourth-order valence-corrected chi connectivity index (χ4v) is 3.74. The molecular weight excluding hydrogens is 384 g/mol. The van der Waals surface area contributed by atoms with Gasteiger partial charge in [0.15, 0.2) is 5.16 Å². The summed E-state index contributed by atoms with van der Waals surface area (Å²) in [5.41, 5.74) is 2.51. The van der Waals surface area contributed by atoms with Gasteiger partial charge in [0, 0.05) is 28.4 Å². The molecule has 0 aliphatic heterocycles. The second-order valence-electron chi connectivity index (χ2n) is 6.62. The first-order valence-corrected chi connectivity index (χ1v) is 10.0. The Hall–Kier alpha value is -3.32. The minimum atomic E-state index is -0.284. The lowest BCUT2D eigenvalue weighted by Gasteiger charge is -2.14. The van der Waals surface area contributed by atoms with Crippen molar-refractivity contribution in [1.82, 2.24) is 15.3 Å². The number of carbonyl (C=O) groups is 1. The highest BCUT2D eigenvalue weighted by atomic mass is 32.2. The summed E-state index contributed by atoms with van der Waals surface area (Å²) in [5.74, 6) is 0.715. The normalized spacial score (nSPS) is 11.9. The third-order valence-electron chi connectivity index (χ3n) is 4.42. The first-order chi connectivity index (χ1) is 14.1. The number of furan rings is 1. The van der Waals surface area contributed by atoms with Crippen molar-refractivity contribution in [3.63, 3.8) is 0 Å². The largest absolute Gasteiger partial charge is 0.459 e. The minimum absolute atomic E-state index is 0.257. The Morgan fingerprint density at radius 3 is 2.62 bits per heavy atom. The predicted octanol–water partition coefficient (Wildman–Crippen LogP) is 5.57. The van der Waals surface area contributed by atoms with E-state index >= 15 is 0 Å². The molecule has 146 valence electrons. The van der Waals surface area contributed by atoms with Crippen molar-refractivity contribution in [1.29, 1.82) is 0 Å². The Balaban J connectivity index is 1.39. The van der Waals surface area contributed by atoms with Gasteiger partial charge in [-0.25, -0.2) is 14.8 Å². The van der Waals surface area contributed by atoms with Gasteiger partial charge in [-0.1, -0.05) is 18.2 Å². The quantitative estimate of drug-likeness (QED) is 0.425. The summed E-state index contributed by atoms with van der Waals surface area (Å²) < 4.78 is 5.82. The van der Waals surface area contributed by atoms with Crippen molar-refractivity contribution in [2.75, 3.05) is 5.32 Å². The molecule has 2 N–H and O–H groups in total. The van der Waals surface area contributed by atoms with Crippen molar-refractivity contribution in [2.45, 2.75) is 29.9 Å². The van der Waals surface area contributed by atoms with Crippen molar-refractivity contribution < 1.29 is 9.21 Å². The molecule has 2 aromatic heterocycles. The number of aryl methyl sites for hydroxylation is 1. The number of rotatable bonds is 5. The van der Waals surface area contributed by atoms with Crippen LogP contribution in [-0.4, -0.2) is 16.0 Å². The van der Waals surface area contributed by atoms with Crippen molar-refractivity contribution in [3.05, 3.63) is 78.3 Å². The Bertz CT molecular complexity index is 1110. The summed E-state index contributed by atoms with van der Waals surface area (Å²) >= 11 is 1.48. The Labute approximate surface area is 172 Å². The van der Waals surface area contributed by atoms with E-state index in [0.717, 1.165) is 27.1 Å². The molecule has 0 bridgehead atoms. The number of fused-ring (bicyclic) bond motifs is 1. The average Bonchev–Trinajstić information content (AvgIpc) is 3.15. The number of benzene rings is 2. The second-order valence-corrected chi connectivity index (χ2v) is 7.66. The summed E-state index contributed by atoms with van der Waals surface area (Å²) in [6.07, 6.45) is 3.43. The SMILES string of the molecule is Cc1cc(Sc2ncccn2)ccc1NC(=O)NC(C)c1cc2ccccc2o1. The van der Waals surface area contributed by atoms with Crippen LogP contribution in [0, 0.1) is 6.92 Å². The van der Waals surface area contributed by atoms with Crippen LogP contribution in [0.25, 0.3) is 11.0 Å². The third-order valence-corrected chi connectivity index (χ3v) is 5.30. The standard InChI is InChI=1S/C22H20N4O2S/c1-14-12-17(29-22-23-10-5-11-24-22)8-9-18(14)26-21(27)25-15(2)20-13-16-6-3-4-7-19(16)28-20/h3-13,15H,1-2H3,(H2,25,26,27). The summed E-state index contributed by atoms with van der Waals surface area (Å²) in [4.78, 5) is 21.9. The van der Waals surface area contributed by atoms with Crippen molar-refractivity contribution >= 4 is 34.4 Å². The molecule has 1 atom stereocenters. The van der Waals surface area contributed by atoms with Gasteiger partial charge in [-0.15, -0.1) is 0 Å². The van der Waals surface area contributed by atoms with E-state index in [-0.39, 0.29) is 12.1 Å². The highest BCUT2D eigenvalue weighted by Crippen LogP contribution is 2.28. The number of anilines is 1. The number of aromatic nitrogens is 2. The smallest absolute Gasteiger partial charge is 0.319 e. The maximum absolute atomic E-state index is 12.5. The minimum Gasteiger partial charge on any atom is -0.459 e. The Morgan fingerprint density at radius 2 is 1.86 bits per heavy atom. The van der Waals surface area contributed by atoms with Gasteiger partial charge in [-0.3, -0.25) is 0 Å². The highest BCUT2D eigenvalue weighted by Gasteiger charge is 2.15. The molecule has 6 nitrogen and oxygen atoms in total. The van der Waals surface area contributed by atoms with Crippen molar-refractivity contribution in [3.8, 4) is 0 Å². The first-order valence-electron chi connectivity index (χ1n) is 9.20. The molecule has 0 fully saturated rings. The fourth-order valence-electron chi connectivity index (χ4n) is 2.93. The van der Waals surface area contributed by atoms with Crippen molar-refractivity contribution in [2.24, 2.45) is 0 Å². The number of nitrogens with one attached hydrogen (secondary N) is 2. The van der Waals surface area contributed by atoms with Gasteiger partial charge in [0.05, 0.1) is 6.04 Å². The van der Waals surface area contributed by atoms with Crippen LogP contribution in [0.15, 0.2) is 81.5 Å². The van der Waals surface area contributed by atoms with E-state index in [1.54, 1.807) is 18.5 Å². The van der Waals surface area contributed by atoms with E-state index in [9.17, 15) is 4.79 Å². The Kier molecular flexibility index (Phi) is 5.48. The lowest BCUT2D eigenvalue weighted by Crippen LogP contribution is -2.31. The van der Waals surface area contributed by atoms with E-state index in [0.29, 0.717) is 10.9 Å². The zero-order valence-electron chi connectivity index (χ0n) is 16.0. The Morgan fingerprint density at radius 1 is 1.07 bits per heavy atom. The van der Waals surface area contributed by atoms with Gasteiger partial charge < -0.3 is 15.1 Å². The maximum Gasteiger partial charge on any atom is 0.319 e. The molecule has 2 amide bonds. The molecule has 2 aromatic carbocycles. The van der Waals surface area contributed by atoms with Crippen LogP contribution in [0.3, 0.4) is 0 Å². The first kappa shape index (κ1) is 19.0. The van der Waals surface area contributed by atoms with Crippen LogP contribution >= 0.6 is 11.8 Å². The number of urea groups is 1. The van der Waals surface area contributed by atoms with Crippen LogP contribution in [0.4, 0.5) is 10.5 Å². The molecule has 0 saturated heterocycles. The molecule has 4 rings (SSSR count). The van der Waals surface area contributed by atoms with Gasteiger partial charge in [0.25, 0.3) is 0 Å². The topological polar surface area (TPSA) is 80.0 Å². The number of carbonyl (C=O) groups excluding carboxylic acids is 1. The molecule has 0 aliphatic carbocycles. The highest BCUT2D eigenvalue weighted by molar-refractivity contribution is 7.99. The lowest BCUT2D eigenvalue weighted by molar-refractivity contribution is 0.248. The molecule has 0 spiro atoms. The van der Waals surface area contributed by atoms with Gasteiger partial charge in [0.1, 0.15) is 11.3 Å². The predicted molar refractivity (Wildman–Crippen MR) is 114 cm³/mol. The molecule has 0 aliphatic rings. The molecule has 2 heterocycles. The zero-order valence-corrected chi connectivity index (χ0v) is 16.9. The number of nitrogens with zero attached hydrogens (tertiary/aromatic N) is 2. The van der Waals surface area contributed by atoms with Gasteiger partial charge >= 0.3 is 6.03 Å². The molecule has 29 heavy (non-hydrogen) atoms. The van der Waals surface area contributed by atoms with Gasteiger partial charge in [-0.05, 0) is 67.6 Å². The monoisotopic (exact) mass is 404 g/mol. The van der Waals surface area contributed by atoms with E-state index in [2.05, 4.69) is 20.6 Å². The van der Waals surface area contributed by atoms with Crippen LogP contribution in [-0.2, 0) is 0 Å². The van der Waals surface area contributed by atoms with Crippen LogP contribution < -0.4 is 10.6 Å². The number of hydrogen-bond acceptors (Lipinski definition) is 5. The van der Waals surface area contributed by atoms with Gasteiger partial charge in [0.2, 0.25) is 0 Å². The summed E-state index contributed by atoms with van der Waals surface area (Å²) in [7, 11) is 0. The summed E-state index contributed by atoms with van der Waals surface area (Å²) in [6.45, 7) is 3.85. The molecule has 4 aromatic rings. The van der Waals surface area contributed by atoms with Gasteiger partial charge in [-0.2, -0.15) is 0 Å². The zero-order chi connectivity index (χ0) is 20.2. The second kappa shape index (κ2) is 8.36. The fraction of sp³-hybridized carbons (Fsp3) is 0.136. The van der Waals surface area contributed by atoms with Crippen LogP contribution in [0.1, 0.15) is 24.3 Å². The van der Waals surface area contributed by atoms with E-state index in [4.69, 9.17) is 4.42 Å². The number of hydrogen-bond donors (Lipinski definition) is 2. The molecule has 1 unspecified atom stereocenters. The van der Waals surface area contributed by atoms with E-state index < -0.39 is 0 Å². The number of amides is 2. The average molecular weight is 404 g/mol. The molecule has 7 heteroatoms. The van der Waals surface area contributed by atoms with Crippen LogP contribution in [0.5, 0.6) is 0 Å². The molecular formula is C22H20N4O2S. The molecule has 0 saturated carbocycles. The third kappa shape index (κ3) is 4.57.